The Hall–Kier alpha value is -2.89. The lowest BCUT2D eigenvalue weighted by molar-refractivity contribution is 0.0746. The first-order chi connectivity index (χ1) is 12.1. The summed E-state index contributed by atoms with van der Waals surface area (Å²) >= 11 is 0. The zero-order valence-corrected chi connectivity index (χ0v) is 14.4. The van der Waals surface area contributed by atoms with E-state index in [0.29, 0.717) is 35.8 Å². The first-order valence-electron chi connectivity index (χ1n) is 8.44. The molecule has 0 atom stereocenters. The molecule has 25 heavy (non-hydrogen) atoms. The van der Waals surface area contributed by atoms with Gasteiger partial charge in [0.25, 0.3) is 5.91 Å². The topological polar surface area (TPSA) is 62.5 Å². The Bertz CT molecular complexity index is 926. The van der Waals surface area contributed by atoms with E-state index in [0.717, 1.165) is 13.1 Å². The van der Waals surface area contributed by atoms with Gasteiger partial charge in [0.2, 0.25) is 0 Å². The number of hydrogen-bond acceptors (Lipinski definition) is 5. The average molecular weight is 336 g/mol. The van der Waals surface area contributed by atoms with E-state index >= 15 is 0 Å². The summed E-state index contributed by atoms with van der Waals surface area (Å²) in [6.07, 6.45) is 1.58. The molecule has 0 N–H and O–H groups in total. The van der Waals surface area contributed by atoms with Crippen molar-refractivity contribution in [1.82, 2.24) is 14.9 Å². The van der Waals surface area contributed by atoms with Crippen molar-refractivity contribution in [2.24, 2.45) is 0 Å². The molecule has 3 aromatic rings. The quantitative estimate of drug-likeness (QED) is 0.720. The highest BCUT2D eigenvalue weighted by molar-refractivity contribution is 5.96. The molecule has 6 heteroatoms. The highest BCUT2D eigenvalue weighted by Crippen LogP contribution is 2.20. The second-order valence-corrected chi connectivity index (χ2v) is 6.40. The number of oxazole rings is 1. The number of hydrogen-bond donors (Lipinski definition) is 0. The van der Waals surface area contributed by atoms with Gasteiger partial charge in [-0.2, -0.15) is 4.98 Å². The molecule has 0 spiro atoms. The second kappa shape index (κ2) is 6.20. The normalized spacial score (nSPS) is 15.0. The first kappa shape index (κ1) is 15.6. The minimum atomic E-state index is -0.00709. The fourth-order valence-corrected chi connectivity index (χ4v) is 3.22. The summed E-state index contributed by atoms with van der Waals surface area (Å²) in [6, 6.07) is 10.2. The van der Waals surface area contributed by atoms with E-state index in [4.69, 9.17) is 4.42 Å². The zero-order valence-electron chi connectivity index (χ0n) is 14.4. The van der Waals surface area contributed by atoms with Gasteiger partial charge < -0.3 is 14.2 Å². The molecule has 3 heterocycles. The zero-order chi connectivity index (χ0) is 17.4. The van der Waals surface area contributed by atoms with Crippen molar-refractivity contribution in [3.8, 4) is 0 Å². The van der Waals surface area contributed by atoms with Crippen LogP contribution in [0.3, 0.4) is 0 Å². The van der Waals surface area contributed by atoms with Crippen LogP contribution >= 0.6 is 0 Å². The number of pyridine rings is 1. The molecule has 1 aliphatic heterocycles. The standard InChI is InChI=1S/C19H20N4O2/c1-13-4-3-5-16(10-13)22-6-8-23(9-7-22)19(24)15-11-17-18(20-12-15)21-14(2)25-17/h3-5,10-12H,6-9H2,1-2H3. The number of carbonyl (C=O) groups excluding carboxylic acids is 1. The molecule has 1 aromatic carbocycles. The predicted octanol–water partition coefficient (Wildman–Crippen LogP) is 2.80. The lowest BCUT2D eigenvalue weighted by Crippen LogP contribution is -2.48. The number of aromatic nitrogens is 2. The summed E-state index contributed by atoms with van der Waals surface area (Å²) in [5.74, 6) is 0.547. The van der Waals surface area contributed by atoms with Crippen molar-refractivity contribution in [1.29, 1.82) is 0 Å². The molecule has 4 rings (SSSR count). The molecule has 0 saturated carbocycles. The Balaban J connectivity index is 1.46. The number of rotatable bonds is 2. The van der Waals surface area contributed by atoms with Gasteiger partial charge in [-0.15, -0.1) is 0 Å². The smallest absolute Gasteiger partial charge is 0.255 e. The van der Waals surface area contributed by atoms with Gasteiger partial charge in [-0.3, -0.25) is 4.79 Å². The van der Waals surface area contributed by atoms with Crippen molar-refractivity contribution in [2.75, 3.05) is 31.1 Å². The molecule has 1 amide bonds. The van der Waals surface area contributed by atoms with E-state index in [1.54, 1.807) is 19.2 Å². The molecule has 0 radical (unpaired) electrons. The van der Waals surface area contributed by atoms with Crippen LogP contribution in [-0.4, -0.2) is 47.0 Å². The molecule has 0 aliphatic carbocycles. The van der Waals surface area contributed by atoms with Crippen molar-refractivity contribution in [3.63, 3.8) is 0 Å². The summed E-state index contributed by atoms with van der Waals surface area (Å²) < 4.78 is 5.48. The summed E-state index contributed by atoms with van der Waals surface area (Å²) in [7, 11) is 0. The number of nitrogens with zero attached hydrogens (tertiary/aromatic N) is 4. The molecule has 1 aliphatic rings. The molecule has 0 bridgehead atoms. The number of fused-ring (bicyclic) bond motifs is 1. The van der Waals surface area contributed by atoms with Gasteiger partial charge in [0, 0.05) is 45.0 Å². The Morgan fingerprint density at radius 2 is 1.92 bits per heavy atom. The molecule has 128 valence electrons. The molecular weight excluding hydrogens is 316 g/mol. The Morgan fingerprint density at radius 3 is 2.68 bits per heavy atom. The van der Waals surface area contributed by atoms with Crippen LogP contribution in [0.1, 0.15) is 21.8 Å². The third kappa shape index (κ3) is 3.07. The second-order valence-electron chi connectivity index (χ2n) is 6.40. The fourth-order valence-electron chi connectivity index (χ4n) is 3.22. The van der Waals surface area contributed by atoms with E-state index in [2.05, 4.69) is 46.1 Å². The highest BCUT2D eigenvalue weighted by atomic mass is 16.3. The minimum Gasteiger partial charge on any atom is -0.439 e. The number of anilines is 1. The van der Waals surface area contributed by atoms with Gasteiger partial charge in [-0.1, -0.05) is 12.1 Å². The third-order valence-corrected chi connectivity index (χ3v) is 4.53. The maximum Gasteiger partial charge on any atom is 0.255 e. The number of benzene rings is 1. The maximum absolute atomic E-state index is 12.8. The number of aryl methyl sites for hydroxylation is 2. The van der Waals surface area contributed by atoms with Crippen LogP contribution in [0.5, 0.6) is 0 Å². The summed E-state index contributed by atoms with van der Waals surface area (Å²) in [6.45, 7) is 6.91. The van der Waals surface area contributed by atoms with Gasteiger partial charge in [0.05, 0.1) is 5.56 Å². The van der Waals surface area contributed by atoms with Gasteiger partial charge in [-0.25, -0.2) is 4.98 Å². The SMILES string of the molecule is Cc1cccc(N2CCN(C(=O)c3cnc4nc(C)oc4c3)CC2)c1. The van der Waals surface area contributed by atoms with Crippen molar-refractivity contribution < 1.29 is 9.21 Å². The maximum atomic E-state index is 12.8. The lowest BCUT2D eigenvalue weighted by Gasteiger charge is -2.36. The third-order valence-electron chi connectivity index (χ3n) is 4.53. The first-order valence-corrected chi connectivity index (χ1v) is 8.44. The van der Waals surface area contributed by atoms with E-state index in [1.807, 2.05) is 4.90 Å². The number of amides is 1. The Kier molecular flexibility index (Phi) is 3.87. The van der Waals surface area contributed by atoms with Crippen molar-refractivity contribution in [2.45, 2.75) is 13.8 Å². The average Bonchev–Trinajstić information content (AvgIpc) is 3.00. The van der Waals surface area contributed by atoms with Crippen LogP contribution < -0.4 is 4.90 Å². The van der Waals surface area contributed by atoms with Crippen molar-refractivity contribution >= 4 is 22.8 Å². The van der Waals surface area contributed by atoms with Gasteiger partial charge in [0.15, 0.2) is 17.1 Å². The summed E-state index contributed by atoms with van der Waals surface area (Å²) in [5.41, 5.74) is 4.11. The van der Waals surface area contributed by atoms with Gasteiger partial charge in [0.1, 0.15) is 0 Å². The Labute approximate surface area is 146 Å². The van der Waals surface area contributed by atoms with E-state index in [1.165, 1.54) is 11.3 Å². The monoisotopic (exact) mass is 336 g/mol. The van der Waals surface area contributed by atoms with E-state index in [9.17, 15) is 4.79 Å². The highest BCUT2D eigenvalue weighted by Gasteiger charge is 2.23. The molecule has 0 unspecified atom stereocenters. The van der Waals surface area contributed by atoms with Crippen LogP contribution in [0.25, 0.3) is 11.2 Å². The predicted molar refractivity (Wildman–Crippen MR) is 95.8 cm³/mol. The van der Waals surface area contributed by atoms with Crippen LogP contribution in [-0.2, 0) is 0 Å². The number of piperazine rings is 1. The van der Waals surface area contributed by atoms with Gasteiger partial charge in [-0.05, 0) is 30.7 Å². The summed E-state index contributed by atoms with van der Waals surface area (Å²) in [5, 5.41) is 0. The van der Waals surface area contributed by atoms with Crippen LogP contribution in [0.4, 0.5) is 5.69 Å². The Morgan fingerprint density at radius 1 is 1.12 bits per heavy atom. The van der Waals surface area contributed by atoms with Crippen LogP contribution in [0, 0.1) is 13.8 Å². The molecule has 1 fully saturated rings. The minimum absolute atomic E-state index is 0.00709. The lowest BCUT2D eigenvalue weighted by atomic mass is 10.1. The van der Waals surface area contributed by atoms with Crippen LogP contribution in [0.2, 0.25) is 0 Å². The van der Waals surface area contributed by atoms with Gasteiger partial charge >= 0.3 is 0 Å². The molecular formula is C19H20N4O2. The largest absolute Gasteiger partial charge is 0.439 e. The molecule has 1 saturated heterocycles. The van der Waals surface area contributed by atoms with Crippen LogP contribution in [0.15, 0.2) is 40.9 Å². The van der Waals surface area contributed by atoms with Crippen molar-refractivity contribution in [3.05, 3.63) is 53.5 Å². The fraction of sp³-hybridized carbons (Fsp3) is 0.316. The molecule has 6 nitrogen and oxygen atoms in total. The van der Waals surface area contributed by atoms with E-state index in [-0.39, 0.29) is 5.91 Å². The summed E-state index contributed by atoms with van der Waals surface area (Å²) in [4.78, 5) is 25.3. The van der Waals surface area contributed by atoms with E-state index < -0.39 is 0 Å². The number of carbonyl (C=O) groups is 1. The molecule has 2 aromatic heterocycles.